The Balaban J connectivity index is 2.91. The van der Waals surface area contributed by atoms with Crippen molar-refractivity contribution in [2.24, 2.45) is 5.73 Å². The number of aromatic hydroxyl groups is 1. The van der Waals surface area contributed by atoms with Gasteiger partial charge in [0.15, 0.2) is 0 Å². The first kappa shape index (κ1) is 11.5. The molecule has 0 saturated heterocycles. The number of amides is 1. The van der Waals surface area contributed by atoms with Crippen LogP contribution in [-0.2, 0) is 4.79 Å². The summed E-state index contributed by atoms with van der Waals surface area (Å²) in [5, 5.41) is 12.2. The predicted octanol–water partition coefficient (Wildman–Crippen LogP) is 1.38. The third-order valence-corrected chi connectivity index (χ3v) is 2.07. The molecule has 15 heavy (non-hydrogen) atoms. The Hall–Kier alpha value is -1.55. The molecule has 0 aliphatic carbocycles. The van der Waals surface area contributed by atoms with Gasteiger partial charge in [-0.3, -0.25) is 4.79 Å². The zero-order valence-electron chi connectivity index (χ0n) is 9.16. The monoisotopic (exact) mass is 208 g/mol. The molecule has 0 atom stereocenters. The fourth-order valence-electron chi connectivity index (χ4n) is 1.04. The summed E-state index contributed by atoms with van der Waals surface area (Å²) in [5.74, 6) is -0.251. The predicted molar refractivity (Wildman–Crippen MR) is 59.7 cm³/mol. The van der Waals surface area contributed by atoms with E-state index in [1.54, 1.807) is 39.0 Å². The van der Waals surface area contributed by atoms with Crippen LogP contribution in [0, 0.1) is 6.92 Å². The van der Waals surface area contributed by atoms with Gasteiger partial charge in [-0.1, -0.05) is 12.1 Å². The first-order chi connectivity index (χ1) is 6.82. The molecular weight excluding hydrogens is 192 g/mol. The first-order valence-electron chi connectivity index (χ1n) is 4.71. The second-order valence-corrected chi connectivity index (χ2v) is 4.15. The van der Waals surface area contributed by atoms with Gasteiger partial charge in [0.25, 0.3) is 0 Å². The fraction of sp³-hybridized carbons (Fsp3) is 0.364. The minimum Gasteiger partial charge on any atom is -0.505 e. The van der Waals surface area contributed by atoms with E-state index in [0.29, 0.717) is 11.3 Å². The van der Waals surface area contributed by atoms with E-state index in [1.807, 2.05) is 0 Å². The molecule has 0 aromatic heterocycles. The molecule has 1 aromatic rings. The molecule has 4 N–H and O–H groups in total. The Morgan fingerprint density at radius 1 is 1.47 bits per heavy atom. The zero-order valence-corrected chi connectivity index (χ0v) is 9.16. The van der Waals surface area contributed by atoms with Crippen molar-refractivity contribution in [1.29, 1.82) is 0 Å². The Labute approximate surface area is 89.1 Å². The van der Waals surface area contributed by atoms with E-state index < -0.39 is 5.54 Å². The van der Waals surface area contributed by atoms with Crippen molar-refractivity contribution in [3.63, 3.8) is 0 Å². The molecule has 0 bridgehead atoms. The average molecular weight is 208 g/mol. The summed E-state index contributed by atoms with van der Waals surface area (Å²) in [6.07, 6.45) is 0. The number of phenols is 1. The minimum atomic E-state index is -0.962. The third-order valence-electron chi connectivity index (χ3n) is 2.07. The van der Waals surface area contributed by atoms with Crippen LogP contribution in [0.15, 0.2) is 18.2 Å². The number of carbonyl (C=O) groups is 1. The number of aryl methyl sites for hydroxylation is 1. The molecule has 1 aromatic carbocycles. The van der Waals surface area contributed by atoms with Gasteiger partial charge in [0.1, 0.15) is 5.75 Å². The smallest absolute Gasteiger partial charge is 0.243 e. The molecule has 82 valence electrons. The lowest BCUT2D eigenvalue weighted by atomic mass is 10.1. The highest BCUT2D eigenvalue weighted by atomic mass is 16.3. The third kappa shape index (κ3) is 2.70. The number of nitrogens with two attached hydrogens (primary N) is 1. The van der Waals surface area contributed by atoms with E-state index >= 15 is 0 Å². The van der Waals surface area contributed by atoms with Gasteiger partial charge in [0.05, 0.1) is 11.2 Å². The largest absolute Gasteiger partial charge is 0.505 e. The number of hydrogen-bond donors (Lipinski definition) is 3. The van der Waals surface area contributed by atoms with Crippen LogP contribution in [0.1, 0.15) is 19.4 Å². The molecular formula is C11H16N2O2. The van der Waals surface area contributed by atoms with E-state index in [1.165, 1.54) is 0 Å². The zero-order chi connectivity index (χ0) is 11.6. The molecule has 4 heteroatoms. The summed E-state index contributed by atoms with van der Waals surface area (Å²) in [6, 6.07) is 5.15. The maximum atomic E-state index is 11.6. The van der Waals surface area contributed by atoms with Gasteiger partial charge >= 0.3 is 0 Å². The number of carbonyl (C=O) groups excluding carboxylic acids is 1. The van der Waals surface area contributed by atoms with Crippen molar-refractivity contribution >= 4 is 11.6 Å². The Bertz CT molecular complexity index is 381. The molecule has 0 spiro atoms. The van der Waals surface area contributed by atoms with E-state index in [0.717, 1.165) is 0 Å². The highest BCUT2D eigenvalue weighted by Gasteiger charge is 2.22. The molecule has 4 nitrogen and oxygen atoms in total. The maximum absolute atomic E-state index is 11.6. The average Bonchev–Trinajstić information content (AvgIpc) is 2.11. The molecule has 1 rings (SSSR count). The summed E-state index contributed by atoms with van der Waals surface area (Å²) in [7, 11) is 0. The van der Waals surface area contributed by atoms with Crippen LogP contribution < -0.4 is 11.1 Å². The lowest BCUT2D eigenvalue weighted by molar-refractivity contribution is -0.120. The van der Waals surface area contributed by atoms with Crippen LogP contribution in [0.25, 0.3) is 0 Å². The van der Waals surface area contributed by atoms with Crippen LogP contribution in [0.3, 0.4) is 0 Å². The van der Waals surface area contributed by atoms with Crippen molar-refractivity contribution in [2.45, 2.75) is 26.3 Å². The fourth-order valence-corrected chi connectivity index (χ4v) is 1.04. The summed E-state index contributed by atoms with van der Waals surface area (Å²) in [5.41, 5.74) is 5.76. The number of para-hydroxylation sites is 1. The number of rotatable bonds is 2. The van der Waals surface area contributed by atoms with Gasteiger partial charge in [-0.15, -0.1) is 0 Å². The van der Waals surface area contributed by atoms with Crippen LogP contribution in [0.2, 0.25) is 0 Å². The molecule has 0 saturated carbocycles. The lowest BCUT2D eigenvalue weighted by Gasteiger charge is -2.18. The van der Waals surface area contributed by atoms with E-state index in [4.69, 9.17) is 5.73 Å². The number of hydrogen-bond acceptors (Lipinski definition) is 3. The second kappa shape index (κ2) is 3.90. The highest BCUT2D eigenvalue weighted by molar-refractivity contribution is 5.98. The quantitative estimate of drug-likeness (QED) is 0.643. The lowest BCUT2D eigenvalue weighted by Crippen LogP contribution is -2.45. The molecule has 0 aliphatic rings. The van der Waals surface area contributed by atoms with Gasteiger partial charge in [-0.2, -0.15) is 0 Å². The second-order valence-electron chi connectivity index (χ2n) is 4.15. The van der Waals surface area contributed by atoms with Crippen molar-refractivity contribution in [3.8, 4) is 5.75 Å². The normalized spacial score (nSPS) is 11.2. The van der Waals surface area contributed by atoms with Crippen molar-refractivity contribution in [2.75, 3.05) is 5.32 Å². The topological polar surface area (TPSA) is 75.4 Å². The highest BCUT2D eigenvalue weighted by Crippen LogP contribution is 2.26. The SMILES string of the molecule is Cc1cccc(NC(=O)C(C)(C)N)c1O. The van der Waals surface area contributed by atoms with Crippen molar-refractivity contribution in [1.82, 2.24) is 0 Å². The van der Waals surface area contributed by atoms with E-state index in [-0.39, 0.29) is 11.7 Å². The number of phenolic OH excluding ortho intramolecular Hbond substituents is 1. The van der Waals surface area contributed by atoms with Crippen LogP contribution in [0.5, 0.6) is 5.75 Å². The Kier molecular flexibility index (Phi) is 3.00. The molecule has 1 amide bonds. The molecule has 0 fully saturated rings. The number of anilines is 1. The summed E-state index contributed by atoms with van der Waals surface area (Å²) in [6.45, 7) is 4.98. The molecule has 0 aliphatic heterocycles. The number of nitrogens with one attached hydrogen (secondary N) is 1. The standard InChI is InChI=1S/C11H16N2O2/c1-7-5-4-6-8(9(7)14)13-10(15)11(2,3)12/h4-6,14H,12H2,1-3H3,(H,13,15). The van der Waals surface area contributed by atoms with Gasteiger partial charge in [0.2, 0.25) is 5.91 Å². The van der Waals surface area contributed by atoms with Gasteiger partial charge in [0, 0.05) is 0 Å². The van der Waals surface area contributed by atoms with Crippen LogP contribution in [-0.4, -0.2) is 16.6 Å². The summed E-state index contributed by atoms with van der Waals surface area (Å²) in [4.78, 5) is 11.6. The Morgan fingerprint density at radius 3 is 2.60 bits per heavy atom. The van der Waals surface area contributed by atoms with Gasteiger partial charge < -0.3 is 16.2 Å². The summed E-state index contributed by atoms with van der Waals surface area (Å²) < 4.78 is 0. The minimum absolute atomic E-state index is 0.0788. The molecule has 0 radical (unpaired) electrons. The summed E-state index contributed by atoms with van der Waals surface area (Å²) >= 11 is 0. The molecule has 0 unspecified atom stereocenters. The van der Waals surface area contributed by atoms with E-state index in [9.17, 15) is 9.90 Å². The van der Waals surface area contributed by atoms with Crippen LogP contribution in [0.4, 0.5) is 5.69 Å². The first-order valence-corrected chi connectivity index (χ1v) is 4.71. The Morgan fingerprint density at radius 2 is 2.07 bits per heavy atom. The van der Waals surface area contributed by atoms with Crippen molar-refractivity contribution < 1.29 is 9.90 Å². The van der Waals surface area contributed by atoms with E-state index in [2.05, 4.69) is 5.32 Å². The van der Waals surface area contributed by atoms with Gasteiger partial charge in [-0.25, -0.2) is 0 Å². The molecule has 0 heterocycles. The number of benzene rings is 1. The van der Waals surface area contributed by atoms with Crippen molar-refractivity contribution in [3.05, 3.63) is 23.8 Å². The van der Waals surface area contributed by atoms with Gasteiger partial charge in [-0.05, 0) is 32.4 Å². The van der Waals surface area contributed by atoms with Crippen LogP contribution >= 0.6 is 0 Å². The maximum Gasteiger partial charge on any atom is 0.243 e.